The van der Waals surface area contributed by atoms with Crippen LogP contribution in [0.25, 0.3) is 60.6 Å². The van der Waals surface area contributed by atoms with E-state index in [0.717, 1.165) is 55.0 Å². The van der Waals surface area contributed by atoms with Crippen molar-refractivity contribution < 1.29 is 11.3 Å². The molecule has 238 valence electrons. The molecule has 0 saturated heterocycles. The van der Waals surface area contributed by atoms with Gasteiger partial charge in [0.15, 0.2) is 5.84 Å². The molecule has 0 fully saturated rings. The summed E-state index contributed by atoms with van der Waals surface area (Å²) in [6.07, 6.45) is 0. The van der Waals surface area contributed by atoms with Crippen LogP contribution in [0.4, 0.5) is 0 Å². The number of aromatic nitrogens is 1. The van der Waals surface area contributed by atoms with Gasteiger partial charge in [0.1, 0.15) is 17.0 Å². The molecule has 0 atom stereocenters. The molecule has 5 nitrogen and oxygen atoms in total. The third kappa shape index (κ3) is 5.13. The summed E-state index contributed by atoms with van der Waals surface area (Å²) in [4.78, 5) is 9.74. The summed E-state index contributed by atoms with van der Waals surface area (Å²) in [7, 11) is 0. The van der Waals surface area contributed by atoms with Crippen LogP contribution in [0.5, 0.6) is 0 Å². The highest BCUT2D eigenvalue weighted by Gasteiger charge is 2.20. The fraction of sp³-hybridized carbons (Fsp3) is 0.0222. The van der Waals surface area contributed by atoms with Crippen LogP contribution in [-0.2, 0) is 6.54 Å². The summed E-state index contributed by atoms with van der Waals surface area (Å²) in [6, 6.07) is 43.5. The van der Waals surface area contributed by atoms with Crippen LogP contribution in [0, 0.1) is 0 Å². The minimum Gasteiger partial charge on any atom is -0.456 e. The normalized spacial score (nSPS) is 13.8. The van der Waals surface area contributed by atoms with Gasteiger partial charge in [-0.25, -0.2) is 4.99 Å². The Balaban J connectivity index is 1.24. The molecule has 0 unspecified atom stereocenters. The number of nitrogens with two attached hydrogens (primary N) is 1. The molecule has 9 aromatic rings. The van der Waals surface area contributed by atoms with E-state index in [9.17, 15) is 0 Å². The third-order valence-electron chi connectivity index (χ3n) is 8.99. The highest BCUT2D eigenvalue weighted by atomic mass is 16.3. The Morgan fingerprint density at radius 3 is 2.22 bits per heavy atom. The van der Waals surface area contributed by atoms with Crippen LogP contribution in [0.3, 0.4) is 0 Å². The van der Waals surface area contributed by atoms with Crippen LogP contribution in [0.15, 0.2) is 184 Å². The Morgan fingerprint density at radius 2 is 1.38 bits per heavy atom. The lowest BCUT2D eigenvalue weighted by Crippen LogP contribution is -2.16. The lowest BCUT2D eigenvalue weighted by molar-refractivity contribution is 0.668. The van der Waals surface area contributed by atoms with E-state index in [0.29, 0.717) is 34.9 Å². The number of amidine groups is 2. The minimum absolute atomic E-state index is 0.166. The smallest absolute Gasteiger partial charge is 0.157 e. The molecule has 2 aromatic heterocycles. The minimum atomic E-state index is -0.420. The second-order valence-corrected chi connectivity index (χ2v) is 12.0. The van der Waals surface area contributed by atoms with Crippen molar-refractivity contribution in [2.75, 3.05) is 0 Å². The fourth-order valence-corrected chi connectivity index (χ4v) is 6.73. The van der Waals surface area contributed by atoms with Gasteiger partial charge in [0.2, 0.25) is 0 Å². The van der Waals surface area contributed by atoms with Gasteiger partial charge in [-0.1, -0.05) is 133 Å². The molecule has 9 rings (SSSR count). The molecule has 5 heteroatoms. The number of aliphatic imine (C=N–C) groups is 2. The second-order valence-electron chi connectivity index (χ2n) is 12.0. The van der Waals surface area contributed by atoms with Gasteiger partial charge in [-0.15, -0.1) is 0 Å². The van der Waals surface area contributed by atoms with Crippen LogP contribution in [0.1, 0.15) is 23.5 Å². The number of fused-ring (bicyclic) bond motifs is 6. The molecule has 0 aliphatic carbocycles. The van der Waals surface area contributed by atoms with E-state index in [1.54, 1.807) is 0 Å². The molecule has 0 bridgehead atoms. The zero-order valence-electron chi connectivity index (χ0n) is 31.8. The lowest BCUT2D eigenvalue weighted by Gasteiger charge is -2.10. The Bertz CT molecular complexity index is 2990. The number of benzene rings is 7. The fourth-order valence-electron chi connectivity index (χ4n) is 6.73. The Hall–Kier alpha value is -6.72. The SMILES string of the molecule is [2H]c1c([2H])c([2H])c(-c2cccc3c2c2ccccc2n3-c2cccc3oc4cc(C(N=C(N)c5ccccc5)=NCc5ccccc5)ccc4c23)c([2H])c1[2H]. The van der Waals surface area contributed by atoms with Gasteiger partial charge < -0.3 is 14.7 Å². The highest BCUT2D eigenvalue weighted by molar-refractivity contribution is 6.19. The largest absolute Gasteiger partial charge is 0.456 e. The molecule has 2 N–H and O–H groups in total. The molecular formula is C45H32N4O. The maximum atomic E-state index is 8.79. The third-order valence-corrected chi connectivity index (χ3v) is 8.99. The molecule has 0 aliphatic rings. The topological polar surface area (TPSA) is 68.8 Å². The summed E-state index contributed by atoms with van der Waals surface area (Å²) in [5.41, 5.74) is 13.8. The summed E-state index contributed by atoms with van der Waals surface area (Å²) in [5.74, 6) is 0.837. The Morgan fingerprint density at radius 1 is 0.640 bits per heavy atom. The van der Waals surface area contributed by atoms with Crippen LogP contribution in [0.2, 0.25) is 0 Å². The van der Waals surface area contributed by atoms with Gasteiger partial charge in [0.05, 0.1) is 35.5 Å². The monoisotopic (exact) mass is 649 g/mol. The first-order chi connectivity index (χ1) is 26.8. The lowest BCUT2D eigenvalue weighted by atomic mass is 9.99. The van der Waals surface area contributed by atoms with E-state index >= 15 is 0 Å². The Labute approximate surface area is 296 Å². The van der Waals surface area contributed by atoms with Crippen LogP contribution in [-0.4, -0.2) is 16.2 Å². The van der Waals surface area contributed by atoms with Crippen molar-refractivity contribution in [1.29, 1.82) is 0 Å². The molecule has 0 spiro atoms. The maximum Gasteiger partial charge on any atom is 0.157 e. The first kappa shape index (κ1) is 24.4. The first-order valence-corrected chi connectivity index (χ1v) is 16.3. The van der Waals surface area contributed by atoms with Gasteiger partial charge in [0, 0.05) is 27.3 Å². The average molecular weight is 650 g/mol. The Kier molecular flexibility index (Phi) is 6.05. The number of nitrogens with zero attached hydrogens (tertiary/aromatic N) is 3. The van der Waals surface area contributed by atoms with Gasteiger partial charge in [0.25, 0.3) is 0 Å². The van der Waals surface area contributed by atoms with Crippen LogP contribution < -0.4 is 5.73 Å². The van der Waals surface area contributed by atoms with E-state index in [4.69, 9.17) is 27.0 Å². The number of para-hydroxylation sites is 1. The van der Waals surface area contributed by atoms with E-state index in [-0.39, 0.29) is 29.7 Å². The van der Waals surface area contributed by atoms with Crippen molar-refractivity contribution in [3.8, 4) is 16.8 Å². The van der Waals surface area contributed by atoms with Gasteiger partial charge in [-0.2, -0.15) is 0 Å². The van der Waals surface area contributed by atoms with Crippen molar-refractivity contribution in [2.45, 2.75) is 6.54 Å². The maximum absolute atomic E-state index is 8.79. The standard InChI is InChI=1S/C45H32N4O/c46-44(32-18-8-3-9-19-32)48-45(47-29-30-14-4-1-5-15-30)33-26-27-36-41(28-33)50-40-25-13-24-39(43(36)40)49-37-22-11-10-20-35(37)42-34(21-12-23-38(42)49)31-16-6-2-7-17-31/h1-28H,29H2,(H2,46,47,48)/i2D,6D,7D,16D,17D. The average Bonchev–Trinajstić information content (AvgIpc) is 3.77. The zero-order valence-corrected chi connectivity index (χ0v) is 26.8. The van der Waals surface area contributed by atoms with Crippen molar-refractivity contribution in [2.24, 2.45) is 15.7 Å². The van der Waals surface area contributed by atoms with Crippen LogP contribution >= 0.6 is 0 Å². The number of hydrogen-bond acceptors (Lipinski definition) is 2. The quantitative estimate of drug-likeness (QED) is 0.144. The second kappa shape index (κ2) is 12.4. The first-order valence-electron chi connectivity index (χ1n) is 18.8. The number of hydrogen-bond donors (Lipinski definition) is 1. The summed E-state index contributed by atoms with van der Waals surface area (Å²) >= 11 is 0. The number of furan rings is 1. The molecule has 50 heavy (non-hydrogen) atoms. The van der Waals surface area contributed by atoms with Crippen molar-refractivity contribution in [1.82, 2.24) is 4.57 Å². The van der Waals surface area contributed by atoms with Gasteiger partial charge in [-0.3, -0.25) is 4.99 Å². The molecule has 0 saturated carbocycles. The van der Waals surface area contributed by atoms with E-state index in [1.807, 2.05) is 140 Å². The molecule has 0 aliphatic heterocycles. The highest BCUT2D eigenvalue weighted by Crippen LogP contribution is 2.41. The zero-order chi connectivity index (χ0) is 37.8. The van der Waals surface area contributed by atoms with Gasteiger partial charge >= 0.3 is 0 Å². The van der Waals surface area contributed by atoms with E-state index in [1.165, 1.54) is 0 Å². The summed E-state index contributed by atoms with van der Waals surface area (Å²) in [6.45, 7) is 0.419. The molecule has 0 radical (unpaired) electrons. The van der Waals surface area contributed by atoms with E-state index in [2.05, 4.69) is 4.57 Å². The molecule has 7 aromatic carbocycles. The van der Waals surface area contributed by atoms with Crippen molar-refractivity contribution >= 4 is 55.4 Å². The van der Waals surface area contributed by atoms with Crippen molar-refractivity contribution in [3.63, 3.8) is 0 Å². The summed E-state index contributed by atoms with van der Waals surface area (Å²) in [5, 5.41) is 3.47. The predicted octanol–water partition coefficient (Wildman–Crippen LogP) is 10.7. The molecule has 2 heterocycles. The number of rotatable bonds is 6. The van der Waals surface area contributed by atoms with Gasteiger partial charge in [-0.05, 0) is 53.1 Å². The summed E-state index contributed by atoms with van der Waals surface area (Å²) < 4.78 is 51.2. The van der Waals surface area contributed by atoms with E-state index < -0.39 is 6.04 Å². The van der Waals surface area contributed by atoms with Crippen molar-refractivity contribution in [3.05, 3.63) is 186 Å². The molecular weight excluding hydrogens is 613 g/mol. The molecule has 0 amide bonds. The predicted molar refractivity (Wildman–Crippen MR) is 207 cm³/mol.